The summed E-state index contributed by atoms with van der Waals surface area (Å²) in [5.41, 5.74) is 0.149. The van der Waals surface area contributed by atoms with Gasteiger partial charge in [0.1, 0.15) is 5.54 Å². The molecule has 2 aliphatic heterocycles. The van der Waals surface area contributed by atoms with Crippen molar-refractivity contribution in [3.05, 3.63) is 35.9 Å². The summed E-state index contributed by atoms with van der Waals surface area (Å²) in [5, 5.41) is 0. The topological polar surface area (TPSA) is 70.2 Å². The molecule has 0 unspecified atom stereocenters. The Kier molecular flexibility index (Phi) is 6.57. The Balaban J connectivity index is 1.72. The third-order valence-electron chi connectivity index (χ3n) is 5.83. The second kappa shape index (κ2) is 8.95. The highest BCUT2D eigenvalue weighted by atomic mass is 16.5. The molecule has 0 radical (unpaired) electrons. The lowest BCUT2D eigenvalue weighted by Crippen LogP contribution is -2.58. The van der Waals surface area contributed by atoms with Crippen molar-refractivity contribution in [2.45, 2.75) is 38.6 Å². The summed E-state index contributed by atoms with van der Waals surface area (Å²) in [4.78, 5) is 43.9. The summed E-state index contributed by atoms with van der Waals surface area (Å²) in [6, 6.07) is 9.44. The summed E-state index contributed by atoms with van der Waals surface area (Å²) in [7, 11) is 1.56. The minimum absolute atomic E-state index is 0.0643. The molecule has 7 nitrogen and oxygen atoms in total. The second-order valence-electron chi connectivity index (χ2n) is 8.31. The number of methoxy groups -OCH3 is 1. The van der Waals surface area contributed by atoms with Gasteiger partial charge >= 0.3 is 6.03 Å². The first-order valence-corrected chi connectivity index (χ1v) is 10.3. The van der Waals surface area contributed by atoms with Crippen LogP contribution in [0.5, 0.6) is 0 Å². The van der Waals surface area contributed by atoms with Crippen LogP contribution in [0.25, 0.3) is 0 Å². The number of likely N-dealkylation sites (tertiary alicyclic amines) is 1. The van der Waals surface area contributed by atoms with Crippen LogP contribution in [0.3, 0.4) is 0 Å². The zero-order chi connectivity index (χ0) is 21.0. The molecule has 4 amide bonds. The van der Waals surface area contributed by atoms with Crippen molar-refractivity contribution >= 4 is 17.8 Å². The predicted molar refractivity (Wildman–Crippen MR) is 109 cm³/mol. The van der Waals surface area contributed by atoms with E-state index in [-0.39, 0.29) is 30.3 Å². The van der Waals surface area contributed by atoms with Gasteiger partial charge in [-0.15, -0.1) is 0 Å². The van der Waals surface area contributed by atoms with Crippen LogP contribution < -0.4 is 0 Å². The van der Waals surface area contributed by atoms with E-state index in [0.29, 0.717) is 45.5 Å². The van der Waals surface area contributed by atoms with E-state index in [2.05, 4.69) is 0 Å². The monoisotopic (exact) mass is 401 g/mol. The number of urea groups is 1. The predicted octanol–water partition coefficient (Wildman–Crippen LogP) is 2.16. The van der Waals surface area contributed by atoms with Gasteiger partial charge < -0.3 is 14.5 Å². The average molecular weight is 402 g/mol. The van der Waals surface area contributed by atoms with E-state index in [9.17, 15) is 14.4 Å². The van der Waals surface area contributed by atoms with Crippen molar-refractivity contribution < 1.29 is 19.1 Å². The number of hydrogen-bond acceptors (Lipinski definition) is 4. The molecule has 1 aromatic rings. The van der Waals surface area contributed by atoms with Crippen molar-refractivity contribution in [3.63, 3.8) is 0 Å². The van der Waals surface area contributed by atoms with Crippen LogP contribution in [0.2, 0.25) is 0 Å². The molecular weight excluding hydrogens is 370 g/mol. The molecule has 29 heavy (non-hydrogen) atoms. The number of carbonyl (C=O) groups excluding carboxylic acids is 3. The van der Waals surface area contributed by atoms with Crippen LogP contribution in [0.4, 0.5) is 4.79 Å². The zero-order valence-electron chi connectivity index (χ0n) is 17.6. The van der Waals surface area contributed by atoms with Crippen molar-refractivity contribution in [3.8, 4) is 0 Å². The first-order valence-electron chi connectivity index (χ1n) is 10.3. The summed E-state index contributed by atoms with van der Waals surface area (Å²) < 4.78 is 5.08. The van der Waals surface area contributed by atoms with Crippen molar-refractivity contribution in [2.24, 2.45) is 5.92 Å². The van der Waals surface area contributed by atoms with E-state index in [0.717, 1.165) is 5.56 Å². The number of piperidine rings is 1. The van der Waals surface area contributed by atoms with Crippen molar-refractivity contribution in [2.75, 3.05) is 39.9 Å². The number of ether oxygens (including phenoxy) is 1. The number of imide groups is 1. The Labute approximate surface area is 172 Å². The number of benzene rings is 1. The van der Waals surface area contributed by atoms with E-state index < -0.39 is 5.54 Å². The van der Waals surface area contributed by atoms with E-state index in [1.165, 1.54) is 4.90 Å². The van der Waals surface area contributed by atoms with Crippen LogP contribution in [-0.2, 0) is 20.7 Å². The molecule has 2 saturated heterocycles. The number of rotatable bonds is 7. The van der Waals surface area contributed by atoms with Crippen LogP contribution in [0, 0.1) is 5.92 Å². The molecule has 0 aliphatic carbocycles. The first kappa shape index (κ1) is 21.3. The Bertz CT molecular complexity index is 742. The van der Waals surface area contributed by atoms with Gasteiger partial charge in [0.15, 0.2) is 0 Å². The molecule has 158 valence electrons. The highest BCUT2D eigenvalue weighted by Gasteiger charge is 2.57. The van der Waals surface area contributed by atoms with E-state index in [1.807, 2.05) is 49.1 Å². The summed E-state index contributed by atoms with van der Waals surface area (Å²) >= 11 is 0. The molecule has 7 heteroatoms. The fourth-order valence-corrected chi connectivity index (χ4v) is 4.27. The van der Waals surface area contributed by atoms with Gasteiger partial charge in [-0.2, -0.15) is 0 Å². The summed E-state index contributed by atoms with van der Waals surface area (Å²) in [6.07, 6.45) is 1.32. The quantitative estimate of drug-likeness (QED) is 0.657. The minimum Gasteiger partial charge on any atom is -0.383 e. The average Bonchev–Trinajstić information content (AvgIpc) is 2.89. The highest BCUT2D eigenvalue weighted by Crippen LogP contribution is 2.38. The molecule has 0 atom stereocenters. The maximum Gasteiger partial charge on any atom is 0.327 e. The molecule has 0 aromatic heterocycles. The SMILES string of the molecule is COCCN1C(=O)N(CC(C)C)C2(CCN(C(=O)Cc3ccccc3)CC2)C1=O. The normalized spacial score (nSPS) is 19.0. The van der Waals surface area contributed by atoms with Gasteiger partial charge in [-0.25, -0.2) is 4.79 Å². The maximum atomic E-state index is 13.3. The van der Waals surface area contributed by atoms with Gasteiger partial charge in [-0.1, -0.05) is 44.2 Å². The number of carbonyl (C=O) groups is 3. The standard InChI is InChI=1S/C22H31N3O4/c1-17(2)16-25-21(28)24(13-14-29-3)20(27)22(25)9-11-23(12-10-22)19(26)15-18-7-5-4-6-8-18/h4-8,17H,9-16H2,1-3H3. The third-order valence-corrected chi connectivity index (χ3v) is 5.83. The molecule has 0 saturated carbocycles. The zero-order valence-corrected chi connectivity index (χ0v) is 17.6. The van der Waals surface area contributed by atoms with Gasteiger partial charge in [0.05, 0.1) is 19.6 Å². The Morgan fingerprint density at radius 2 is 1.79 bits per heavy atom. The molecule has 2 heterocycles. The summed E-state index contributed by atoms with van der Waals surface area (Å²) in [6.45, 7) is 6.18. The number of amides is 4. The molecule has 2 aliphatic rings. The summed E-state index contributed by atoms with van der Waals surface area (Å²) in [5.74, 6) is 0.175. The number of hydrogen-bond donors (Lipinski definition) is 0. The van der Waals surface area contributed by atoms with Crippen LogP contribution >= 0.6 is 0 Å². The van der Waals surface area contributed by atoms with E-state index in [1.54, 1.807) is 12.0 Å². The largest absolute Gasteiger partial charge is 0.383 e. The Hall–Kier alpha value is -2.41. The minimum atomic E-state index is -0.835. The fraction of sp³-hybridized carbons (Fsp3) is 0.591. The van der Waals surface area contributed by atoms with Gasteiger partial charge in [-0.05, 0) is 24.3 Å². The highest BCUT2D eigenvalue weighted by molar-refractivity contribution is 6.07. The maximum absolute atomic E-state index is 13.3. The Morgan fingerprint density at radius 1 is 1.14 bits per heavy atom. The molecular formula is C22H31N3O4. The molecule has 3 rings (SSSR count). The lowest BCUT2D eigenvalue weighted by Gasteiger charge is -2.42. The first-order chi connectivity index (χ1) is 13.9. The van der Waals surface area contributed by atoms with Crippen LogP contribution in [-0.4, -0.2) is 78.0 Å². The van der Waals surface area contributed by atoms with Crippen molar-refractivity contribution in [1.29, 1.82) is 0 Å². The molecule has 2 fully saturated rings. The van der Waals surface area contributed by atoms with Crippen molar-refractivity contribution in [1.82, 2.24) is 14.7 Å². The van der Waals surface area contributed by atoms with Gasteiger partial charge in [0, 0.05) is 26.7 Å². The molecule has 1 spiro atoms. The lowest BCUT2D eigenvalue weighted by atomic mass is 9.85. The van der Waals surface area contributed by atoms with Gasteiger partial charge in [-0.3, -0.25) is 14.5 Å². The molecule has 1 aromatic carbocycles. The molecule has 0 bridgehead atoms. The molecule has 0 N–H and O–H groups in total. The third kappa shape index (κ3) is 4.29. The van der Waals surface area contributed by atoms with Gasteiger partial charge in [0.25, 0.3) is 5.91 Å². The number of nitrogens with zero attached hydrogens (tertiary/aromatic N) is 3. The van der Waals surface area contributed by atoms with E-state index in [4.69, 9.17) is 4.74 Å². The van der Waals surface area contributed by atoms with Crippen LogP contribution in [0.15, 0.2) is 30.3 Å². The smallest absolute Gasteiger partial charge is 0.327 e. The lowest BCUT2D eigenvalue weighted by molar-refractivity contribution is -0.141. The fourth-order valence-electron chi connectivity index (χ4n) is 4.27. The van der Waals surface area contributed by atoms with Crippen LogP contribution in [0.1, 0.15) is 32.3 Å². The van der Waals surface area contributed by atoms with Gasteiger partial charge in [0.2, 0.25) is 5.91 Å². The van der Waals surface area contributed by atoms with E-state index >= 15 is 0 Å². The Morgan fingerprint density at radius 3 is 2.38 bits per heavy atom. The second-order valence-corrected chi connectivity index (χ2v) is 8.31.